The van der Waals surface area contributed by atoms with Gasteiger partial charge in [-0.2, -0.15) is 0 Å². The van der Waals surface area contributed by atoms with Gasteiger partial charge in [-0.15, -0.1) is 0 Å². The van der Waals surface area contributed by atoms with Crippen molar-refractivity contribution < 1.29 is 29.3 Å². The Morgan fingerprint density at radius 3 is 2.51 bits per heavy atom. The Hall–Kier alpha value is -5.40. The molecule has 0 spiro atoms. The van der Waals surface area contributed by atoms with Gasteiger partial charge < -0.3 is 41.0 Å². The predicted octanol–water partition coefficient (Wildman–Crippen LogP) is 7.17. The molecule has 2 amide bonds. The standard InChI is InChI=1S/C42H46ClN5O7/c1-42(18-16-28(44)17-19-42)55-41(53)47-33-20-25(8-10-29(33)26-6-4-3-5-7-26)9-14-38(51)46-34-22-37(54-2)27(21-32(34)43)23-45-24-36(50)30-11-13-35(49)40-31(30)12-15-39(52)48-40/h3-8,10-13,15,20-22,28,36,45,49-50H,9,14,16-19,23-24,44H2,1-2H3,(H,46,51)(H,47,53)(H,48,52)/t28?,36-,42?/m1/s1. The summed E-state index contributed by atoms with van der Waals surface area (Å²) < 4.78 is 11.5. The number of hydrogen-bond acceptors (Lipinski definition) is 9. The number of aromatic amines is 1. The van der Waals surface area contributed by atoms with Crippen molar-refractivity contribution >= 4 is 45.9 Å². The first kappa shape index (κ1) is 39.3. The minimum absolute atomic E-state index is 0.0862. The normalized spacial score (nSPS) is 17.4. The van der Waals surface area contributed by atoms with Gasteiger partial charge in [-0.1, -0.05) is 60.1 Å². The number of methoxy groups -OCH3 is 1. The van der Waals surface area contributed by atoms with E-state index in [1.165, 1.54) is 19.2 Å². The lowest BCUT2D eigenvalue weighted by atomic mass is 9.84. The Morgan fingerprint density at radius 1 is 1.00 bits per heavy atom. The fourth-order valence-electron chi connectivity index (χ4n) is 6.92. The lowest BCUT2D eigenvalue weighted by molar-refractivity contribution is -0.116. The fraction of sp³-hybridized carbons (Fsp3) is 0.310. The molecular formula is C42H46ClN5O7. The van der Waals surface area contributed by atoms with E-state index in [2.05, 4.69) is 20.9 Å². The quantitative estimate of drug-likeness (QED) is 0.0652. The van der Waals surface area contributed by atoms with Crippen molar-refractivity contribution in [1.82, 2.24) is 10.3 Å². The number of carbonyl (C=O) groups excluding carboxylic acids is 2. The van der Waals surface area contributed by atoms with Crippen LogP contribution in [0, 0.1) is 0 Å². The second-order valence-corrected chi connectivity index (χ2v) is 14.6. The number of amides is 2. The summed E-state index contributed by atoms with van der Waals surface area (Å²) in [6.07, 6.45) is 2.06. The molecule has 1 aliphatic rings. The number of H-pyrrole nitrogens is 1. The Morgan fingerprint density at radius 2 is 1.76 bits per heavy atom. The third-order valence-corrected chi connectivity index (χ3v) is 10.3. The van der Waals surface area contributed by atoms with Gasteiger partial charge in [0.1, 0.15) is 17.1 Å². The number of benzene rings is 4. The predicted molar refractivity (Wildman–Crippen MR) is 215 cm³/mol. The summed E-state index contributed by atoms with van der Waals surface area (Å²) in [5.41, 5.74) is 10.2. The third-order valence-electron chi connectivity index (χ3n) is 10.0. The Bertz CT molecular complexity index is 2220. The summed E-state index contributed by atoms with van der Waals surface area (Å²) >= 11 is 6.62. The molecule has 1 aromatic heterocycles. The molecule has 1 saturated carbocycles. The number of nitrogens with one attached hydrogen (secondary N) is 4. The van der Waals surface area contributed by atoms with Crippen LogP contribution in [0.3, 0.4) is 0 Å². The van der Waals surface area contributed by atoms with Crippen molar-refractivity contribution in [2.75, 3.05) is 24.3 Å². The van der Waals surface area contributed by atoms with Crippen molar-refractivity contribution in [3.8, 4) is 22.6 Å². The van der Waals surface area contributed by atoms with Crippen LogP contribution < -0.4 is 32.0 Å². The number of carbonyl (C=O) groups is 2. The highest BCUT2D eigenvalue weighted by molar-refractivity contribution is 6.33. The first-order chi connectivity index (χ1) is 26.4. The van der Waals surface area contributed by atoms with Gasteiger partial charge in [-0.25, -0.2) is 4.79 Å². The van der Waals surface area contributed by atoms with Crippen LogP contribution in [0.1, 0.15) is 61.8 Å². The maximum Gasteiger partial charge on any atom is 0.412 e. The van der Waals surface area contributed by atoms with Gasteiger partial charge in [0.2, 0.25) is 11.5 Å². The van der Waals surface area contributed by atoms with Crippen LogP contribution in [0.4, 0.5) is 16.2 Å². The third kappa shape index (κ3) is 9.83. The van der Waals surface area contributed by atoms with Crippen LogP contribution in [-0.2, 0) is 22.5 Å². The number of fused-ring (bicyclic) bond motifs is 1. The number of halogens is 1. The average molecular weight is 768 g/mol. The van der Waals surface area contributed by atoms with E-state index in [4.69, 9.17) is 26.8 Å². The van der Waals surface area contributed by atoms with E-state index in [1.807, 2.05) is 55.5 Å². The first-order valence-electron chi connectivity index (χ1n) is 18.3. The summed E-state index contributed by atoms with van der Waals surface area (Å²) in [6.45, 7) is 2.38. The number of ether oxygens (including phenoxy) is 2. The largest absolute Gasteiger partial charge is 0.506 e. The van der Waals surface area contributed by atoms with Gasteiger partial charge in [0, 0.05) is 54.2 Å². The van der Waals surface area contributed by atoms with Crippen LogP contribution in [0.15, 0.2) is 89.7 Å². The van der Waals surface area contributed by atoms with Crippen LogP contribution in [0.25, 0.3) is 22.0 Å². The summed E-state index contributed by atoms with van der Waals surface area (Å²) in [5, 5.41) is 31.0. The molecule has 55 heavy (non-hydrogen) atoms. The lowest BCUT2D eigenvalue weighted by Crippen LogP contribution is -2.41. The zero-order chi connectivity index (χ0) is 39.1. The van der Waals surface area contributed by atoms with Crippen molar-refractivity contribution in [2.24, 2.45) is 5.73 Å². The monoisotopic (exact) mass is 767 g/mol. The summed E-state index contributed by atoms with van der Waals surface area (Å²) in [4.78, 5) is 40.7. The highest BCUT2D eigenvalue weighted by atomic mass is 35.5. The number of hydrogen-bond donors (Lipinski definition) is 7. The molecule has 1 aliphatic carbocycles. The molecule has 0 unspecified atom stereocenters. The topological polar surface area (TPSA) is 188 Å². The first-order valence-corrected chi connectivity index (χ1v) is 18.6. The molecule has 0 bridgehead atoms. The second kappa shape index (κ2) is 17.4. The zero-order valence-corrected chi connectivity index (χ0v) is 31.5. The molecule has 5 aromatic rings. The van der Waals surface area contributed by atoms with Gasteiger partial charge in [0.15, 0.2) is 0 Å². The molecule has 1 heterocycles. The van der Waals surface area contributed by atoms with Gasteiger partial charge >= 0.3 is 6.09 Å². The highest BCUT2D eigenvalue weighted by Gasteiger charge is 2.33. The number of aromatic hydroxyl groups is 1. The van der Waals surface area contributed by atoms with E-state index in [1.54, 1.807) is 24.3 Å². The van der Waals surface area contributed by atoms with Crippen LogP contribution in [0.5, 0.6) is 11.5 Å². The maximum atomic E-state index is 13.2. The number of phenols is 1. The number of pyridine rings is 1. The average Bonchev–Trinajstić information content (AvgIpc) is 3.17. The Kier molecular flexibility index (Phi) is 12.4. The molecule has 1 atom stereocenters. The summed E-state index contributed by atoms with van der Waals surface area (Å²) in [5.74, 6) is 0.139. The molecular weight excluding hydrogens is 722 g/mol. The van der Waals surface area contributed by atoms with E-state index < -0.39 is 17.8 Å². The molecule has 0 aliphatic heterocycles. The highest BCUT2D eigenvalue weighted by Crippen LogP contribution is 2.35. The van der Waals surface area contributed by atoms with E-state index >= 15 is 0 Å². The van der Waals surface area contributed by atoms with Gasteiger partial charge in [0.25, 0.3) is 0 Å². The van der Waals surface area contributed by atoms with Crippen molar-refractivity contribution in [3.05, 3.63) is 117 Å². The second-order valence-electron chi connectivity index (χ2n) is 14.2. The van der Waals surface area contributed by atoms with Crippen LogP contribution in [0.2, 0.25) is 5.02 Å². The molecule has 1 fully saturated rings. The smallest absolute Gasteiger partial charge is 0.412 e. The minimum atomic E-state index is -0.950. The molecule has 8 N–H and O–H groups in total. The molecule has 13 heteroatoms. The molecule has 12 nitrogen and oxygen atoms in total. The SMILES string of the molecule is COc1cc(NC(=O)CCc2ccc(-c3ccccc3)c(NC(=O)OC3(C)CCC(N)CC3)c2)c(Cl)cc1CNC[C@@H](O)c1ccc(O)c2[nH]c(=O)ccc12. The number of nitrogens with two attached hydrogens (primary N) is 1. The molecule has 288 valence electrons. The Labute approximate surface area is 324 Å². The molecule has 4 aromatic carbocycles. The van der Waals surface area contributed by atoms with E-state index in [0.29, 0.717) is 57.9 Å². The van der Waals surface area contributed by atoms with E-state index in [-0.39, 0.29) is 48.3 Å². The summed E-state index contributed by atoms with van der Waals surface area (Å²) in [6, 6.07) is 24.9. The number of aryl methyl sites for hydroxylation is 1. The van der Waals surface area contributed by atoms with Gasteiger partial charge in [-0.3, -0.25) is 14.9 Å². The number of rotatable bonds is 13. The maximum absolute atomic E-state index is 13.2. The number of phenolic OH excluding ortho intramolecular Hbond substituents is 1. The number of aromatic nitrogens is 1. The van der Waals surface area contributed by atoms with Gasteiger partial charge in [-0.05, 0) is 80.0 Å². The van der Waals surface area contributed by atoms with Crippen molar-refractivity contribution in [2.45, 2.75) is 69.7 Å². The number of anilines is 2. The van der Waals surface area contributed by atoms with Gasteiger partial charge in [0.05, 0.1) is 35.1 Å². The minimum Gasteiger partial charge on any atom is -0.506 e. The lowest BCUT2D eigenvalue weighted by Gasteiger charge is -2.35. The van der Waals surface area contributed by atoms with E-state index in [0.717, 1.165) is 29.5 Å². The van der Waals surface area contributed by atoms with Crippen LogP contribution in [-0.4, -0.2) is 52.5 Å². The van der Waals surface area contributed by atoms with E-state index in [9.17, 15) is 24.6 Å². The van der Waals surface area contributed by atoms with Crippen molar-refractivity contribution in [1.29, 1.82) is 0 Å². The molecule has 0 radical (unpaired) electrons. The summed E-state index contributed by atoms with van der Waals surface area (Å²) in [7, 11) is 1.52. The zero-order valence-electron chi connectivity index (χ0n) is 30.8. The fourth-order valence-corrected chi connectivity index (χ4v) is 7.16. The van der Waals surface area contributed by atoms with Crippen LogP contribution >= 0.6 is 11.6 Å². The molecule has 0 saturated heterocycles. The number of aliphatic hydroxyl groups is 1. The van der Waals surface area contributed by atoms with Crippen molar-refractivity contribution in [3.63, 3.8) is 0 Å². The molecule has 6 rings (SSSR count). The number of aliphatic hydroxyl groups excluding tert-OH is 1. The Balaban J connectivity index is 1.08.